The molecule has 22 heavy (non-hydrogen) atoms. The number of hydrogen-bond donors (Lipinski definition) is 1. The molecule has 0 atom stereocenters. The second kappa shape index (κ2) is 6.63. The Bertz CT molecular complexity index is 657. The summed E-state index contributed by atoms with van der Waals surface area (Å²) in [5.41, 5.74) is 9.37. The van der Waals surface area contributed by atoms with Gasteiger partial charge >= 0.3 is 0 Å². The predicted molar refractivity (Wildman–Crippen MR) is 91.3 cm³/mol. The van der Waals surface area contributed by atoms with Gasteiger partial charge in [0.15, 0.2) is 0 Å². The Balaban J connectivity index is 1.65. The normalized spacial score (nSPS) is 16.0. The second-order valence-electron chi connectivity index (χ2n) is 5.95. The van der Waals surface area contributed by atoms with Gasteiger partial charge in [0.25, 0.3) is 5.91 Å². The van der Waals surface area contributed by atoms with Crippen molar-refractivity contribution in [3.63, 3.8) is 0 Å². The van der Waals surface area contributed by atoms with Crippen molar-refractivity contribution in [2.45, 2.75) is 32.2 Å². The number of nitrogens with two attached hydrogens (primary N) is 1. The maximum Gasteiger partial charge on any atom is 0.264 e. The van der Waals surface area contributed by atoms with Gasteiger partial charge in [0, 0.05) is 19.6 Å². The van der Waals surface area contributed by atoms with Crippen LogP contribution in [-0.2, 0) is 6.54 Å². The molecule has 1 amide bonds. The summed E-state index contributed by atoms with van der Waals surface area (Å²) in [6.45, 7) is 4.28. The third kappa shape index (κ3) is 3.08. The zero-order valence-electron chi connectivity index (χ0n) is 12.9. The number of likely N-dealkylation sites (tertiary alicyclic amines) is 1. The summed E-state index contributed by atoms with van der Waals surface area (Å²) >= 11 is 1.55. The van der Waals surface area contributed by atoms with E-state index in [1.54, 1.807) is 11.3 Å². The summed E-state index contributed by atoms with van der Waals surface area (Å²) in [4.78, 5) is 15.4. The van der Waals surface area contributed by atoms with Crippen LogP contribution in [0, 0.1) is 6.92 Å². The molecule has 3 nitrogen and oxygen atoms in total. The van der Waals surface area contributed by atoms with Crippen molar-refractivity contribution in [3.8, 4) is 0 Å². The van der Waals surface area contributed by atoms with Crippen LogP contribution in [0.1, 0.15) is 45.1 Å². The average molecular weight is 314 g/mol. The number of benzene rings is 1. The van der Waals surface area contributed by atoms with Crippen LogP contribution < -0.4 is 5.73 Å². The summed E-state index contributed by atoms with van der Waals surface area (Å²) in [5, 5.41) is 1.99. The molecule has 1 aromatic heterocycles. The van der Waals surface area contributed by atoms with Crippen LogP contribution >= 0.6 is 11.3 Å². The standard InChI is InChI=1S/C18H22N2OS/c1-13-7-10-22-17(13)18(21)20-8-5-15(6-9-20)16-4-2-3-14(11-16)12-19/h2-4,7,10-11,15H,5-6,8-9,12,19H2,1H3. The number of rotatable bonds is 3. The molecular formula is C18H22N2OS. The molecule has 0 spiro atoms. The van der Waals surface area contributed by atoms with E-state index in [2.05, 4.69) is 24.3 Å². The van der Waals surface area contributed by atoms with Crippen molar-refractivity contribution in [3.05, 3.63) is 57.3 Å². The van der Waals surface area contributed by atoms with Gasteiger partial charge in [-0.1, -0.05) is 24.3 Å². The molecule has 2 heterocycles. The van der Waals surface area contributed by atoms with Crippen LogP contribution in [0.2, 0.25) is 0 Å². The first kappa shape index (κ1) is 15.3. The largest absolute Gasteiger partial charge is 0.338 e. The predicted octanol–water partition coefficient (Wildman–Crippen LogP) is 3.54. The van der Waals surface area contributed by atoms with E-state index >= 15 is 0 Å². The van der Waals surface area contributed by atoms with Gasteiger partial charge in [-0.3, -0.25) is 4.79 Å². The van der Waals surface area contributed by atoms with Crippen LogP contribution in [0.15, 0.2) is 35.7 Å². The Morgan fingerprint density at radius 3 is 2.73 bits per heavy atom. The van der Waals surface area contributed by atoms with E-state index in [1.807, 2.05) is 23.3 Å². The third-order valence-electron chi connectivity index (χ3n) is 4.50. The fraction of sp³-hybridized carbons (Fsp3) is 0.389. The number of hydrogen-bond acceptors (Lipinski definition) is 3. The van der Waals surface area contributed by atoms with Crippen molar-refractivity contribution in [1.82, 2.24) is 4.90 Å². The highest BCUT2D eigenvalue weighted by Crippen LogP contribution is 2.30. The number of piperidine rings is 1. The number of carbonyl (C=O) groups is 1. The molecule has 1 aliphatic heterocycles. The van der Waals surface area contributed by atoms with Crippen LogP contribution in [-0.4, -0.2) is 23.9 Å². The Kier molecular flexibility index (Phi) is 4.60. The molecule has 1 aliphatic rings. The van der Waals surface area contributed by atoms with Gasteiger partial charge in [-0.25, -0.2) is 0 Å². The van der Waals surface area contributed by atoms with E-state index in [-0.39, 0.29) is 5.91 Å². The van der Waals surface area contributed by atoms with Gasteiger partial charge in [0.05, 0.1) is 4.88 Å². The summed E-state index contributed by atoms with van der Waals surface area (Å²) < 4.78 is 0. The number of carbonyl (C=O) groups excluding carboxylic acids is 1. The lowest BCUT2D eigenvalue weighted by atomic mass is 9.88. The van der Waals surface area contributed by atoms with Crippen LogP contribution in [0.4, 0.5) is 0 Å². The zero-order chi connectivity index (χ0) is 15.5. The minimum Gasteiger partial charge on any atom is -0.338 e. The minimum absolute atomic E-state index is 0.196. The summed E-state index contributed by atoms with van der Waals surface area (Å²) in [5.74, 6) is 0.738. The molecule has 2 N–H and O–H groups in total. The molecule has 1 saturated heterocycles. The molecule has 1 aromatic carbocycles. The fourth-order valence-electron chi connectivity index (χ4n) is 3.13. The zero-order valence-corrected chi connectivity index (χ0v) is 13.7. The number of thiophene rings is 1. The van der Waals surface area contributed by atoms with Gasteiger partial charge in [-0.2, -0.15) is 0 Å². The molecule has 1 fully saturated rings. The molecule has 0 radical (unpaired) electrons. The number of amides is 1. The average Bonchev–Trinajstić information content (AvgIpc) is 3.00. The SMILES string of the molecule is Cc1ccsc1C(=O)N1CCC(c2cccc(CN)c2)CC1. The summed E-state index contributed by atoms with van der Waals surface area (Å²) in [6, 6.07) is 10.6. The van der Waals surface area contributed by atoms with Gasteiger partial charge in [0.2, 0.25) is 0 Å². The molecule has 0 unspecified atom stereocenters. The van der Waals surface area contributed by atoms with Gasteiger partial charge in [0.1, 0.15) is 0 Å². The Hall–Kier alpha value is -1.65. The molecule has 116 valence electrons. The Morgan fingerprint density at radius 2 is 2.09 bits per heavy atom. The molecule has 0 saturated carbocycles. The topological polar surface area (TPSA) is 46.3 Å². The van der Waals surface area contributed by atoms with E-state index in [1.165, 1.54) is 11.1 Å². The van der Waals surface area contributed by atoms with Crippen LogP contribution in [0.25, 0.3) is 0 Å². The molecule has 4 heteroatoms. The van der Waals surface area contributed by atoms with Gasteiger partial charge in [-0.15, -0.1) is 11.3 Å². The van der Waals surface area contributed by atoms with Crippen molar-refractivity contribution >= 4 is 17.2 Å². The lowest BCUT2D eigenvalue weighted by Crippen LogP contribution is -2.37. The first-order chi connectivity index (χ1) is 10.7. The van der Waals surface area contributed by atoms with Crippen LogP contribution in [0.5, 0.6) is 0 Å². The maximum atomic E-state index is 12.5. The quantitative estimate of drug-likeness (QED) is 0.942. The van der Waals surface area contributed by atoms with E-state index < -0.39 is 0 Å². The van der Waals surface area contributed by atoms with Crippen molar-refractivity contribution in [2.24, 2.45) is 5.73 Å². The number of nitrogens with zero attached hydrogens (tertiary/aromatic N) is 1. The molecule has 0 bridgehead atoms. The van der Waals surface area contributed by atoms with E-state index in [0.29, 0.717) is 12.5 Å². The summed E-state index contributed by atoms with van der Waals surface area (Å²) in [6.07, 6.45) is 2.06. The maximum absolute atomic E-state index is 12.5. The smallest absolute Gasteiger partial charge is 0.264 e. The van der Waals surface area contributed by atoms with Crippen molar-refractivity contribution in [2.75, 3.05) is 13.1 Å². The molecular weight excluding hydrogens is 292 g/mol. The van der Waals surface area contributed by atoms with Crippen LogP contribution in [0.3, 0.4) is 0 Å². The molecule has 2 aromatic rings. The lowest BCUT2D eigenvalue weighted by molar-refractivity contribution is 0.0717. The van der Waals surface area contributed by atoms with E-state index in [0.717, 1.165) is 36.4 Å². The second-order valence-corrected chi connectivity index (χ2v) is 6.86. The Morgan fingerprint density at radius 1 is 1.32 bits per heavy atom. The molecule has 3 rings (SSSR count). The lowest BCUT2D eigenvalue weighted by Gasteiger charge is -2.32. The highest BCUT2D eigenvalue weighted by Gasteiger charge is 2.25. The monoisotopic (exact) mass is 314 g/mol. The Labute approximate surface area is 135 Å². The van der Waals surface area contributed by atoms with Crippen molar-refractivity contribution in [1.29, 1.82) is 0 Å². The fourth-order valence-corrected chi connectivity index (χ4v) is 4.02. The first-order valence-electron chi connectivity index (χ1n) is 7.81. The minimum atomic E-state index is 0.196. The van der Waals surface area contributed by atoms with Crippen molar-refractivity contribution < 1.29 is 4.79 Å². The van der Waals surface area contributed by atoms with Gasteiger partial charge in [-0.05, 0) is 53.8 Å². The van der Waals surface area contributed by atoms with Gasteiger partial charge < -0.3 is 10.6 Å². The van der Waals surface area contributed by atoms with E-state index in [4.69, 9.17) is 5.73 Å². The highest BCUT2D eigenvalue weighted by molar-refractivity contribution is 7.12. The summed E-state index contributed by atoms with van der Waals surface area (Å²) in [7, 11) is 0. The highest BCUT2D eigenvalue weighted by atomic mass is 32.1. The molecule has 0 aliphatic carbocycles. The van der Waals surface area contributed by atoms with E-state index in [9.17, 15) is 4.79 Å². The number of aryl methyl sites for hydroxylation is 1. The first-order valence-corrected chi connectivity index (χ1v) is 8.69. The third-order valence-corrected chi connectivity index (χ3v) is 5.50.